The van der Waals surface area contributed by atoms with Gasteiger partial charge in [-0.05, 0) is 0 Å². The van der Waals surface area contributed by atoms with Gasteiger partial charge < -0.3 is 31.5 Å². The Morgan fingerprint density at radius 1 is 1.28 bits per heavy atom. The molecule has 9 heteroatoms. The molecule has 0 aromatic heterocycles. The zero-order chi connectivity index (χ0) is 13.7. The molecule has 0 aromatic rings. The van der Waals surface area contributed by atoms with E-state index in [1.807, 2.05) is 0 Å². The van der Waals surface area contributed by atoms with Crippen molar-refractivity contribution in [2.75, 3.05) is 19.6 Å². The first-order valence-corrected chi connectivity index (χ1v) is 5.40. The van der Waals surface area contributed by atoms with E-state index in [0.717, 1.165) is 4.90 Å². The molecule has 0 spiro atoms. The first kappa shape index (κ1) is 14.0. The van der Waals surface area contributed by atoms with Crippen molar-refractivity contribution in [2.45, 2.75) is 18.6 Å². The van der Waals surface area contributed by atoms with E-state index in [-0.39, 0.29) is 26.1 Å². The zero-order valence-electron chi connectivity index (χ0n) is 9.63. The van der Waals surface area contributed by atoms with Gasteiger partial charge in [-0.15, -0.1) is 0 Å². The van der Waals surface area contributed by atoms with Crippen LogP contribution in [0.2, 0.25) is 0 Å². The molecule has 0 bridgehead atoms. The topological polar surface area (TPSA) is 145 Å². The number of nitrogens with one attached hydrogen (secondary N) is 2. The zero-order valence-corrected chi connectivity index (χ0v) is 9.63. The standard InChI is InChI=1S/C9H16N4O5/c10-8(17)11-1-2-12-9(18)13-4-5(14)3-6(13)7(15)16/h5-6,14H,1-4H2,(H,12,18)(H,15,16)(H3,10,11,17)/t5-,6-/m0/s1. The Bertz CT molecular complexity index is 348. The Balaban J connectivity index is 2.40. The summed E-state index contributed by atoms with van der Waals surface area (Å²) in [5.41, 5.74) is 4.83. The largest absolute Gasteiger partial charge is 0.480 e. The second-order valence-corrected chi connectivity index (χ2v) is 3.92. The molecule has 18 heavy (non-hydrogen) atoms. The van der Waals surface area contributed by atoms with Crippen molar-refractivity contribution in [3.05, 3.63) is 0 Å². The minimum Gasteiger partial charge on any atom is -0.480 e. The van der Waals surface area contributed by atoms with Gasteiger partial charge in [0, 0.05) is 26.1 Å². The number of hydrogen-bond acceptors (Lipinski definition) is 4. The van der Waals surface area contributed by atoms with Crippen LogP contribution < -0.4 is 16.4 Å². The van der Waals surface area contributed by atoms with E-state index in [1.165, 1.54) is 0 Å². The summed E-state index contributed by atoms with van der Waals surface area (Å²) in [5, 5.41) is 22.9. The second kappa shape index (κ2) is 6.05. The predicted molar refractivity (Wildman–Crippen MR) is 59.7 cm³/mol. The monoisotopic (exact) mass is 260 g/mol. The van der Waals surface area contributed by atoms with Gasteiger partial charge in [0.15, 0.2) is 0 Å². The number of aliphatic carboxylic acids is 1. The Morgan fingerprint density at radius 2 is 1.89 bits per heavy atom. The van der Waals surface area contributed by atoms with Crippen molar-refractivity contribution in [3.63, 3.8) is 0 Å². The van der Waals surface area contributed by atoms with Crippen LogP contribution in [0.15, 0.2) is 0 Å². The molecule has 1 aliphatic heterocycles. The quantitative estimate of drug-likeness (QED) is 0.367. The Kier molecular flexibility index (Phi) is 4.72. The summed E-state index contributed by atoms with van der Waals surface area (Å²) in [5.74, 6) is -1.16. The van der Waals surface area contributed by atoms with Crippen molar-refractivity contribution in [1.29, 1.82) is 0 Å². The summed E-state index contributed by atoms with van der Waals surface area (Å²) in [6.45, 7) is 0.252. The minimum atomic E-state index is -1.16. The van der Waals surface area contributed by atoms with Crippen LogP contribution in [0, 0.1) is 0 Å². The maximum atomic E-state index is 11.6. The number of carbonyl (C=O) groups is 3. The first-order valence-electron chi connectivity index (χ1n) is 5.40. The number of nitrogens with two attached hydrogens (primary N) is 1. The van der Waals surface area contributed by atoms with Crippen LogP contribution >= 0.6 is 0 Å². The molecule has 0 radical (unpaired) electrons. The van der Waals surface area contributed by atoms with Crippen molar-refractivity contribution in [1.82, 2.24) is 15.5 Å². The number of likely N-dealkylation sites (tertiary alicyclic amines) is 1. The van der Waals surface area contributed by atoms with Crippen molar-refractivity contribution >= 4 is 18.0 Å². The molecule has 9 nitrogen and oxygen atoms in total. The van der Waals surface area contributed by atoms with E-state index < -0.39 is 30.2 Å². The molecule has 0 aliphatic carbocycles. The van der Waals surface area contributed by atoms with Crippen LogP contribution in [0.1, 0.15) is 6.42 Å². The normalized spacial score (nSPS) is 22.6. The lowest BCUT2D eigenvalue weighted by molar-refractivity contribution is -0.141. The first-order chi connectivity index (χ1) is 8.41. The van der Waals surface area contributed by atoms with Gasteiger partial charge >= 0.3 is 18.0 Å². The number of β-amino-alcohol motifs (C(OH)–C–C–N with tert-alkyl or cyclic N) is 1. The number of carbonyl (C=O) groups excluding carboxylic acids is 2. The molecule has 4 amide bonds. The number of primary amides is 1. The van der Waals surface area contributed by atoms with Crippen LogP contribution in [-0.2, 0) is 4.79 Å². The summed E-state index contributed by atoms with van der Waals surface area (Å²) in [6, 6.07) is -2.32. The minimum absolute atomic E-state index is 0.0162. The van der Waals surface area contributed by atoms with Crippen molar-refractivity contribution < 1.29 is 24.6 Å². The predicted octanol–water partition coefficient (Wildman–Crippen LogP) is -2.12. The average molecular weight is 260 g/mol. The fourth-order valence-electron chi connectivity index (χ4n) is 1.73. The molecule has 6 N–H and O–H groups in total. The van der Waals surface area contributed by atoms with Gasteiger partial charge in [-0.1, -0.05) is 0 Å². The summed E-state index contributed by atoms with van der Waals surface area (Å²) in [6.07, 6.45) is -0.817. The summed E-state index contributed by atoms with van der Waals surface area (Å²) >= 11 is 0. The number of hydrogen-bond donors (Lipinski definition) is 5. The van der Waals surface area contributed by atoms with E-state index in [9.17, 15) is 19.5 Å². The third-order valence-electron chi connectivity index (χ3n) is 2.53. The van der Waals surface area contributed by atoms with Crippen LogP contribution in [0.4, 0.5) is 9.59 Å². The molecule has 102 valence electrons. The van der Waals surface area contributed by atoms with Crippen molar-refractivity contribution in [3.8, 4) is 0 Å². The molecule has 1 fully saturated rings. The van der Waals surface area contributed by atoms with Gasteiger partial charge in [0.05, 0.1) is 6.10 Å². The molecule has 1 aliphatic rings. The van der Waals surface area contributed by atoms with Crippen LogP contribution in [0.5, 0.6) is 0 Å². The third-order valence-corrected chi connectivity index (χ3v) is 2.53. The Hall–Kier alpha value is -2.03. The van der Waals surface area contributed by atoms with Gasteiger partial charge in [0.25, 0.3) is 0 Å². The highest BCUT2D eigenvalue weighted by molar-refractivity contribution is 5.83. The van der Waals surface area contributed by atoms with E-state index >= 15 is 0 Å². The number of carboxylic acid groups (broad SMARTS) is 1. The second-order valence-electron chi connectivity index (χ2n) is 3.92. The summed E-state index contributed by atoms with van der Waals surface area (Å²) in [4.78, 5) is 33.9. The lowest BCUT2D eigenvalue weighted by Gasteiger charge is -2.21. The number of nitrogens with zero attached hydrogens (tertiary/aromatic N) is 1. The number of carboxylic acids is 1. The maximum absolute atomic E-state index is 11.6. The number of urea groups is 2. The molecule has 0 unspecified atom stereocenters. The number of aliphatic hydroxyl groups excluding tert-OH is 1. The van der Waals surface area contributed by atoms with E-state index in [0.29, 0.717) is 0 Å². The molecule has 1 saturated heterocycles. The van der Waals surface area contributed by atoms with Gasteiger partial charge in [-0.3, -0.25) is 0 Å². The average Bonchev–Trinajstić information content (AvgIpc) is 2.66. The van der Waals surface area contributed by atoms with Crippen LogP contribution in [0.3, 0.4) is 0 Å². The van der Waals surface area contributed by atoms with E-state index in [4.69, 9.17) is 10.8 Å². The fraction of sp³-hybridized carbons (Fsp3) is 0.667. The molecule has 1 rings (SSSR count). The third kappa shape index (κ3) is 3.77. The van der Waals surface area contributed by atoms with Gasteiger partial charge in [0.1, 0.15) is 6.04 Å². The smallest absolute Gasteiger partial charge is 0.326 e. The van der Waals surface area contributed by atoms with Crippen molar-refractivity contribution in [2.24, 2.45) is 5.73 Å². The molecule has 0 saturated carbocycles. The van der Waals surface area contributed by atoms with Gasteiger partial charge in [-0.2, -0.15) is 0 Å². The lowest BCUT2D eigenvalue weighted by atomic mass is 10.2. The molecule has 0 aromatic carbocycles. The Morgan fingerprint density at radius 3 is 2.44 bits per heavy atom. The highest BCUT2D eigenvalue weighted by atomic mass is 16.4. The van der Waals surface area contributed by atoms with Gasteiger partial charge in [0.2, 0.25) is 0 Å². The fourth-order valence-corrected chi connectivity index (χ4v) is 1.73. The number of aliphatic hydroxyl groups is 1. The SMILES string of the molecule is NC(=O)NCCNC(=O)N1C[C@@H](O)C[C@H]1C(=O)O. The number of rotatable bonds is 4. The lowest BCUT2D eigenvalue weighted by Crippen LogP contribution is -2.48. The molecule has 2 atom stereocenters. The van der Waals surface area contributed by atoms with E-state index in [2.05, 4.69) is 10.6 Å². The Labute approximate surface area is 103 Å². The molecular formula is C9H16N4O5. The van der Waals surface area contributed by atoms with Gasteiger partial charge in [-0.25, -0.2) is 14.4 Å². The highest BCUT2D eigenvalue weighted by Crippen LogP contribution is 2.17. The van der Waals surface area contributed by atoms with Crippen LogP contribution in [-0.4, -0.2) is 64.9 Å². The van der Waals surface area contributed by atoms with E-state index in [1.54, 1.807) is 0 Å². The number of amides is 4. The summed E-state index contributed by atoms with van der Waals surface area (Å²) < 4.78 is 0. The maximum Gasteiger partial charge on any atom is 0.326 e. The molecular weight excluding hydrogens is 244 g/mol. The summed E-state index contributed by atoms with van der Waals surface area (Å²) in [7, 11) is 0. The highest BCUT2D eigenvalue weighted by Gasteiger charge is 2.38. The van der Waals surface area contributed by atoms with Crippen LogP contribution in [0.25, 0.3) is 0 Å². The molecule has 1 heterocycles.